The Labute approximate surface area is 214 Å². The zero-order chi connectivity index (χ0) is 25.4. The summed E-state index contributed by atoms with van der Waals surface area (Å²) in [4.78, 5) is 40.9. The van der Waals surface area contributed by atoms with Crippen molar-refractivity contribution in [1.82, 2.24) is 9.80 Å². The second-order valence-electron chi connectivity index (χ2n) is 10.8. The van der Waals surface area contributed by atoms with Crippen molar-refractivity contribution in [1.29, 1.82) is 0 Å². The average Bonchev–Trinajstić information content (AvgIpc) is 2.88. The van der Waals surface area contributed by atoms with E-state index in [1.54, 1.807) is 24.3 Å². The number of aliphatic imine (C=N–C) groups is 2. The van der Waals surface area contributed by atoms with Crippen LogP contribution in [0.4, 0.5) is 11.4 Å². The van der Waals surface area contributed by atoms with E-state index in [1.807, 2.05) is 26.0 Å². The number of ketones is 2. The van der Waals surface area contributed by atoms with Gasteiger partial charge in [-0.05, 0) is 87.8 Å². The molecular formula is C30H36N4O2. The van der Waals surface area contributed by atoms with Crippen LogP contribution in [-0.4, -0.2) is 59.2 Å². The monoisotopic (exact) mass is 484 g/mol. The van der Waals surface area contributed by atoms with Crippen LogP contribution in [-0.2, 0) is 0 Å². The second-order valence-corrected chi connectivity index (χ2v) is 10.8. The van der Waals surface area contributed by atoms with Gasteiger partial charge >= 0.3 is 0 Å². The zero-order valence-corrected chi connectivity index (χ0v) is 21.9. The molecule has 2 aromatic rings. The Hall–Kier alpha value is -3.28. The number of carbonyl (C=O) groups excluding carboxylic acids is 2. The number of rotatable bonds is 2. The number of hydrogen-bond acceptors (Lipinski definition) is 4. The van der Waals surface area contributed by atoms with Crippen molar-refractivity contribution < 1.29 is 9.59 Å². The first-order chi connectivity index (χ1) is 17.3. The molecule has 0 amide bonds. The number of piperidine rings is 2. The van der Waals surface area contributed by atoms with Gasteiger partial charge in [0.25, 0.3) is 0 Å². The first-order valence-corrected chi connectivity index (χ1v) is 13.3. The Bertz CT molecular complexity index is 1150. The van der Waals surface area contributed by atoms with Crippen LogP contribution >= 0.6 is 0 Å². The summed E-state index contributed by atoms with van der Waals surface area (Å²) >= 11 is 0. The highest BCUT2D eigenvalue weighted by molar-refractivity contribution is 6.28. The van der Waals surface area contributed by atoms with E-state index in [9.17, 15) is 9.59 Å². The molecule has 2 aliphatic heterocycles. The van der Waals surface area contributed by atoms with Crippen molar-refractivity contribution in [3.8, 4) is 0 Å². The van der Waals surface area contributed by atoms with E-state index < -0.39 is 0 Å². The van der Waals surface area contributed by atoms with E-state index in [0.29, 0.717) is 33.6 Å². The lowest BCUT2D eigenvalue weighted by Gasteiger charge is -2.31. The summed E-state index contributed by atoms with van der Waals surface area (Å²) in [7, 11) is 0. The van der Waals surface area contributed by atoms with E-state index in [0.717, 1.165) is 49.7 Å². The molecule has 6 nitrogen and oxygen atoms in total. The van der Waals surface area contributed by atoms with Gasteiger partial charge in [0, 0.05) is 48.4 Å². The first kappa shape index (κ1) is 24.4. The third kappa shape index (κ3) is 4.86. The molecule has 0 saturated carbocycles. The van der Waals surface area contributed by atoms with Crippen molar-refractivity contribution >= 4 is 34.6 Å². The smallest absolute Gasteiger partial charge is 0.194 e. The molecule has 0 aromatic heterocycles. The van der Waals surface area contributed by atoms with Crippen LogP contribution in [0.3, 0.4) is 0 Å². The maximum atomic E-state index is 13.4. The fourth-order valence-electron chi connectivity index (χ4n) is 5.44. The minimum absolute atomic E-state index is 0.127. The van der Waals surface area contributed by atoms with Crippen LogP contribution < -0.4 is 0 Å². The highest BCUT2D eigenvalue weighted by Gasteiger charge is 2.30. The van der Waals surface area contributed by atoms with Crippen LogP contribution in [0.2, 0.25) is 0 Å². The topological polar surface area (TPSA) is 65.3 Å². The molecule has 6 heteroatoms. The molecular weight excluding hydrogens is 448 g/mol. The Balaban J connectivity index is 1.38. The van der Waals surface area contributed by atoms with Gasteiger partial charge in [-0.25, -0.2) is 9.98 Å². The standard InChI is InChI=1S/C30H36N4O2/c1-19-9-13-33(14-10-19)21(3)31-23-5-7-25-27(17-23)29(35)26-8-6-24(18-28(26)30(25)36)32-22(4)34-15-11-20(2)12-16-34/h5-8,17-20H,9-16H2,1-4H3/b31-21+,32-22+. The minimum atomic E-state index is -0.127. The van der Waals surface area contributed by atoms with Crippen LogP contribution in [0, 0.1) is 11.8 Å². The molecule has 0 radical (unpaired) electrons. The molecule has 1 aliphatic carbocycles. The van der Waals surface area contributed by atoms with Gasteiger partial charge < -0.3 is 9.80 Å². The predicted octanol–water partition coefficient (Wildman–Crippen LogP) is 6.03. The molecule has 0 bridgehead atoms. The molecule has 0 unspecified atom stereocenters. The van der Waals surface area contributed by atoms with Gasteiger partial charge in [-0.1, -0.05) is 13.8 Å². The Morgan fingerprint density at radius 2 is 1.00 bits per heavy atom. The van der Waals surface area contributed by atoms with Crippen molar-refractivity contribution in [2.45, 2.75) is 53.4 Å². The molecule has 2 fully saturated rings. The number of hydrogen-bond donors (Lipinski definition) is 0. The molecule has 3 aliphatic rings. The summed E-state index contributed by atoms with van der Waals surface area (Å²) in [6.45, 7) is 12.7. The van der Waals surface area contributed by atoms with Gasteiger partial charge in [0.05, 0.1) is 11.4 Å². The fourth-order valence-corrected chi connectivity index (χ4v) is 5.44. The number of amidine groups is 2. The van der Waals surface area contributed by atoms with Crippen molar-refractivity contribution in [3.05, 3.63) is 58.7 Å². The lowest BCUT2D eigenvalue weighted by Crippen LogP contribution is -2.36. The second kappa shape index (κ2) is 10.00. The quantitative estimate of drug-likeness (QED) is 0.329. The molecule has 2 saturated heterocycles. The highest BCUT2D eigenvalue weighted by Crippen LogP contribution is 2.32. The van der Waals surface area contributed by atoms with Crippen LogP contribution in [0.1, 0.15) is 85.2 Å². The predicted molar refractivity (Wildman–Crippen MR) is 145 cm³/mol. The maximum Gasteiger partial charge on any atom is 0.194 e. The van der Waals surface area contributed by atoms with Crippen LogP contribution in [0.15, 0.2) is 46.4 Å². The van der Waals surface area contributed by atoms with Crippen LogP contribution in [0.25, 0.3) is 0 Å². The summed E-state index contributed by atoms with van der Waals surface area (Å²) in [5.74, 6) is 3.17. The number of likely N-dealkylation sites (tertiary alicyclic amines) is 2. The first-order valence-electron chi connectivity index (χ1n) is 13.3. The lowest BCUT2D eigenvalue weighted by atomic mass is 9.83. The van der Waals surface area contributed by atoms with Gasteiger partial charge in [-0.15, -0.1) is 0 Å². The summed E-state index contributed by atoms with van der Waals surface area (Å²) in [6, 6.07) is 10.7. The molecule has 5 rings (SSSR count). The Morgan fingerprint density at radius 3 is 1.36 bits per heavy atom. The van der Waals surface area contributed by atoms with Crippen molar-refractivity contribution in [2.75, 3.05) is 26.2 Å². The molecule has 0 atom stereocenters. The number of fused-ring (bicyclic) bond motifs is 2. The van der Waals surface area contributed by atoms with Gasteiger partial charge in [0.1, 0.15) is 11.7 Å². The Morgan fingerprint density at radius 1 is 0.639 bits per heavy atom. The third-order valence-electron chi connectivity index (χ3n) is 8.05. The molecule has 0 N–H and O–H groups in total. The normalized spacial score (nSPS) is 20.0. The van der Waals surface area contributed by atoms with Gasteiger partial charge in [-0.2, -0.15) is 0 Å². The summed E-state index contributed by atoms with van der Waals surface area (Å²) in [5.41, 5.74) is 3.18. The Kier molecular flexibility index (Phi) is 6.78. The van der Waals surface area contributed by atoms with E-state index in [1.165, 1.54) is 25.7 Å². The molecule has 2 aromatic carbocycles. The third-order valence-corrected chi connectivity index (χ3v) is 8.05. The number of nitrogens with zero attached hydrogens (tertiary/aromatic N) is 4. The largest absolute Gasteiger partial charge is 0.360 e. The van der Waals surface area contributed by atoms with E-state index in [4.69, 9.17) is 9.98 Å². The molecule has 2 heterocycles. The summed E-state index contributed by atoms with van der Waals surface area (Å²) in [5, 5.41) is 0. The molecule has 188 valence electrons. The van der Waals surface area contributed by atoms with Gasteiger partial charge in [0.15, 0.2) is 11.6 Å². The molecule has 36 heavy (non-hydrogen) atoms. The van der Waals surface area contributed by atoms with E-state index in [-0.39, 0.29) is 11.6 Å². The fraction of sp³-hybridized carbons (Fsp3) is 0.467. The minimum Gasteiger partial charge on any atom is -0.360 e. The zero-order valence-electron chi connectivity index (χ0n) is 21.9. The highest BCUT2D eigenvalue weighted by atomic mass is 16.1. The maximum absolute atomic E-state index is 13.4. The SMILES string of the molecule is C/C(=N\c1ccc2c(c1)C(=O)c1ccc(/N=C(\C)N3CCC(C)CC3)cc1C2=O)N1CCC(C)CC1. The summed E-state index contributed by atoms with van der Waals surface area (Å²) in [6.07, 6.45) is 4.68. The van der Waals surface area contributed by atoms with E-state index >= 15 is 0 Å². The lowest BCUT2D eigenvalue weighted by molar-refractivity contribution is 0.0979. The van der Waals surface area contributed by atoms with Gasteiger partial charge in [0.2, 0.25) is 0 Å². The van der Waals surface area contributed by atoms with Crippen molar-refractivity contribution in [3.63, 3.8) is 0 Å². The van der Waals surface area contributed by atoms with Gasteiger partial charge in [-0.3, -0.25) is 9.59 Å². The number of carbonyl (C=O) groups is 2. The van der Waals surface area contributed by atoms with Crippen LogP contribution in [0.5, 0.6) is 0 Å². The summed E-state index contributed by atoms with van der Waals surface area (Å²) < 4.78 is 0. The molecule has 0 spiro atoms. The average molecular weight is 485 g/mol. The number of benzene rings is 2. The van der Waals surface area contributed by atoms with E-state index in [2.05, 4.69) is 23.6 Å². The van der Waals surface area contributed by atoms with Crippen molar-refractivity contribution in [2.24, 2.45) is 21.8 Å².